The van der Waals surface area contributed by atoms with Gasteiger partial charge in [-0.2, -0.15) is 0 Å². The highest BCUT2D eigenvalue weighted by Crippen LogP contribution is 2.28. The molecule has 1 aliphatic rings. The number of ether oxygens (including phenoxy) is 1. The summed E-state index contributed by atoms with van der Waals surface area (Å²) < 4.78 is 5.21. The van der Waals surface area contributed by atoms with Crippen LogP contribution in [0.3, 0.4) is 0 Å². The van der Waals surface area contributed by atoms with Crippen LogP contribution in [0.25, 0.3) is 0 Å². The van der Waals surface area contributed by atoms with Crippen LogP contribution in [0.4, 0.5) is 5.82 Å². The molecule has 2 rings (SSSR count). The third-order valence-electron chi connectivity index (χ3n) is 3.35. The Labute approximate surface area is 119 Å². The zero-order valence-electron chi connectivity index (χ0n) is 11.5. The molecular weight excluding hydrogens is 264 g/mol. The first kappa shape index (κ1) is 14.3. The first-order valence-electron chi connectivity index (χ1n) is 6.71. The molecule has 0 aliphatic carbocycles. The molecule has 1 fully saturated rings. The van der Waals surface area contributed by atoms with Crippen molar-refractivity contribution in [2.75, 3.05) is 38.6 Å². The SMILES string of the molecule is COc1c(Cl)ncnc1NCC(C)CN1CCCC1. The molecule has 1 aliphatic heterocycles. The minimum absolute atomic E-state index is 0.340. The molecule has 6 heteroatoms. The normalized spacial score (nSPS) is 17.4. The molecule has 0 aromatic carbocycles. The molecule has 1 N–H and O–H groups in total. The molecule has 1 unspecified atom stereocenters. The van der Waals surface area contributed by atoms with Crippen LogP contribution in [0.1, 0.15) is 19.8 Å². The van der Waals surface area contributed by atoms with E-state index in [4.69, 9.17) is 16.3 Å². The highest BCUT2D eigenvalue weighted by Gasteiger charge is 2.16. The number of rotatable bonds is 6. The number of aromatic nitrogens is 2. The molecule has 1 atom stereocenters. The van der Waals surface area contributed by atoms with Crippen LogP contribution in [-0.4, -0.2) is 48.2 Å². The van der Waals surface area contributed by atoms with Crippen molar-refractivity contribution in [2.45, 2.75) is 19.8 Å². The Kier molecular flexibility index (Phi) is 5.22. The lowest BCUT2D eigenvalue weighted by Gasteiger charge is -2.21. The molecular formula is C13H21ClN4O. The monoisotopic (exact) mass is 284 g/mol. The predicted octanol–water partition coefficient (Wildman–Crippen LogP) is 2.28. The highest BCUT2D eigenvalue weighted by molar-refractivity contribution is 6.31. The summed E-state index contributed by atoms with van der Waals surface area (Å²) in [5.41, 5.74) is 0. The van der Waals surface area contributed by atoms with Crippen molar-refractivity contribution in [3.63, 3.8) is 0 Å². The lowest BCUT2D eigenvalue weighted by Crippen LogP contribution is -2.29. The number of hydrogen-bond acceptors (Lipinski definition) is 5. The molecule has 1 aromatic heterocycles. The van der Waals surface area contributed by atoms with Crippen molar-refractivity contribution in [3.8, 4) is 5.75 Å². The van der Waals surface area contributed by atoms with E-state index in [9.17, 15) is 0 Å². The van der Waals surface area contributed by atoms with Crippen LogP contribution in [0, 0.1) is 5.92 Å². The molecule has 0 radical (unpaired) electrons. The minimum atomic E-state index is 0.340. The molecule has 1 saturated heterocycles. The van der Waals surface area contributed by atoms with Gasteiger partial charge in [0.2, 0.25) is 0 Å². The summed E-state index contributed by atoms with van der Waals surface area (Å²) in [6, 6.07) is 0. The first-order chi connectivity index (χ1) is 9.20. The molecule has 0 bridgehead atoms. The van der Waals surface area contributed by atoms with E-state index in [1.807, 2.05) is 0 Å². The van der Waals surface area contributed by atoms with Crippen LogP contribution in [0.5, 0.6) is 5.75 Å². The smallest absolute Gasteiger partial charge is 0.198 e. The van der Waals surface area contributed by atoms with Gasteiger partial charge in [-0.3, -0.25) is 0 Å². The summed E-state index contributed by atoms with van der Waals surface area (Å²) in [7, 11) is 1.57. The summed E-state index contributed by atoms with van der Waals surface area (Å²) in [6.07, 6.45) is 4.10. The fourth-order valence-electron chi connectivity index (χ4n) is 2.40. The van der Waals surface area contributed by atoms with E-state index in [0.29, 0.717) is 22.6 Å². The Balaban J connectivity index is 1.85. The van der Waals surface area contributed by atoms with Gasteiger partial charge in [0.1, 0.15) is 6.33 Å². The zero-order chi connectivity index (χ0) is 13.7. The third kappa shape index (κ3) is 3.94. The van der Waals surface area contributed by atoms with Gasteiger partial charge in [-0.05, 0) is 31.8 Å². The molecule has 0 amide bonds. The van der Waals surface area contributed by atoms with Crippen molar-refractivity contribution in [1.29, 1.82) is 0 Å². The Hall–Kier alpha value is -1.07. The van der Waals surface area contributed by atoms with Gasteiger partial charge in [0, 0.05) is 13.1 Å². The zero-order valence-corrected chi connectivity index (χ0v) is 12.3. The quantitative estimate of drug-likeness (QED) is 0.812. The maximum absolute atomic E-state index is 5.96. The van der Waals surface area contributed by atoms with E-state index in [1.54, 1.807) is 7.11 Å². The maximum atomic E-state index is 5.96. The van der Waals surface area contributed by atoms with E-state index in [1.165, 1.54) is 32.3 Å². The van der Waals surface area contributed by atoms with Crippen LogP contribution >= 0.6 is 11.6 Å². The Morgan fingerprint density at radius 2 is 2.16 bits per heavy atom. The van der Waals surface area contributed by atoms with Crippen molar-refractivity contribution in [2.24, 2.45) is 5.92 Å². The second-order valence-corrected chi connectivity index (χ2v) is 5.40. The van der Waals surface area contributed by atoms with Gasteiger partial charge < -0.3 is 15.0 Å². The Morgan fingerprint density at radius 1 is 1.42 bits per heavy atom. The van der Waals surface area contributed by atoms with Crippen molar-refractivity contribution >= 4 is 17.4 Å². The lowest BCUT2D eigenvalue weighted by atomic mass is 10.1. The predicted molar refractivity (Wildman–Crippen MR) is 76.9 cm³/mol. The van der Waals surface area contributed by atoms with Crippen molar-refractivity contribution < 1.29 is 4.74 Å². The van der Waals surface area contributed by atoms with Crippen LogP contribution in [0.15, 0.2) is 6.33 Å². The van der Waals surface area contributed by atoms with E-state index >= 15 is 0 Å². The fraction of sp³-hybridized carbons (Fsp3) is 0.692. The van der Waals surface area contributed by atoms with E-state index in [0.717, 1.165) is 13.1 Å². The van der Waals surface area contributed by atoms with Gasteiger partial charge in [-0.25, -0.2) is 9.97 Å². The minimum Gasteiger partial charge on any atom is -0.490 e. The second-order valence-electron chi connectivity index (χ2n) is 5.04. The van der Waals surface area contributed by atoms with Gasteiger partial charge in [0.05, 0.1) is 7.11 Å². The number of nitrogens with zero attached hydrogens (tertiary/aromatic N) is 3. The molecule has 5 nitrogen and oxygen atoms in total. The molecule has 0 spiro atoms. The van der Waals surface area contributed by atoms with Crippen LogP contribution in [0.2, 0.25) is 5.15 Å². The fourth-order valence-corrected chi connectivity index (χ4v) is 2.61. The largest absolute Gasteiger partial charge is 0.490 e. The topological polar surface area (TPSA) is 50.3 Å². The number of anilines is 1. The molecule has 19 heavy (non-hydrogen) atoms. The average molecular weight is 285 g/mol. The van der Waals surface area contributed by atoms with Gasteiger partial charge in [-0.15, -0.1) is 0 Å². The Morgan fingerprint density at radius 3 is 2.84 bits per heavy atom. The summed E-state index contributed by atoms with van der Waals surface area (Å²) in [5.74, 6) is 1.73. The number of nitrogens with one attached hydrogen (secondary N) is 1. The number of halogens is 1. The molecule has 106 valence electrons. The van der Waals surface area contributed by atoms with Crippen LogP contribution in [-0.2, 0) is 0 Å². The summed E-state index contributed by atoms with van der Waals surface area (Å²) in [5, 5.41) is 3.63. The van der Waals surface area contributed by atoms with Gasteiger partial charge in [0.25, 0.3) is 0 Å². The maximum Gasteiger partial charge on any atom is 0.198 e. The van der Waals surface area contributed by atoms with E-state index in [2.05, 4.69) is 27.1 Å². The van der Waals surface area contributed by atoms with Gasteiger partial charge in [0.15, 0.2) is 16.7 Å². The molecule has 2 heterocycles. The average Bonchev–Trinajstić information content (AvgIpc) is 2.89. The lowest BCUT2D eigenvalue weighted by molar-refractivity contribution is 0.294. The van der Waals surface area contributed by atoms with Crippen LogP contribution < -0.4 is 10.1 Å². The third-order valence-corrected chi connectivity index (χ3v) is 3.62. The number of hydrogen-bond donors (Lipinski definition) is 1. The van der Waals surface area contributed by atoms with E-state index < -0.39 is 0 Å². The number of methoxy groups -OCH3 is 1. The second kappa shape index (κ2) is 6.91. The summed E-state index contributed by atoms with van der Waals surface area (Å²) >= 11 is 5.96. The molecule has 0 saturated carbocycles. The van der Waals surface area contributed by atoms with Crippen molar-refractivity contribution in [1.82, 2.24) is 14.9 Å². The number of likely N-dealkylation sites (tertiary alicyclic amines) is 1. The Bertz CT molecular complexity index is 410. The van der Waals surface area contributed by atoms with Gasteiger partial charge in [-0.1, -0.05) is 18.5 Å². The van der Waals surface area contributed by atoms with Crippen molar-refractivity contribution in [3.05, 3.63) is 11.5 Å². The summed E-state index contributed by atoms with van der Waals surface area (Å²) in [6.45, 7) is 6.66. The standard InChI is InChI=1S/C13H21ClN4O/c1-10(8-18-5-3-4-6-18)7-15-13-11(19-2)12(14)16-9-17-13/h9-10H,3-8H2,1-2H3,(H,15,16,17). The summed E-state index contributed by atoms with van der Waals surface area (Å²) in [4.78, 5) is 10.6. The van der Waals surface area contributed by atoms with E-state index in [-0.39, 0.29) is 0 Å². The molecule has 1 aromatic rings. The first-order valence-corrected chi connectivity index (χ1v) is 7.09. The highest BCUT2D eigenvalue weighted by atomic mass is 35.5. The van der Waals surface area contributed by atoms with Gasteiger partial charge >= 0.3 is 0 Å².